The molecule has 45 heavy (non-hydrogen) atoms. The minimum absolute atomic E-state index is 0.206. The minimum Gasteiger partial charge on any atom is -0.479 e. The second-order valence-corrected chi connectivity index (χ2v) is 14.1. The van der Waals surface area contributed by atoms with E-state index < -0.39 is 17.7 Å². The molecule has 0 aliphatic carbocycles. The molecule has 6 bridgehead atoms. The Hall–Kier alpha value is -3.98. The molecule has 1 aromatic carbocycles. The van der Waals surface area contributed by atoms with Crippen molar-refractivity contribution in [2.24, 2.45) is 5.41 Å². The molecule has 3 aromatic heterocycles. The van der Waals surface area contributed by atoms with E-state index in [0.29, 0.717) is 16.9 Å². The molecule has 9 heteroatoms. The molecule has 6 heterocycles. The summed E-state index contributed by atoms with van der Waals surface area (Å²) >= 11 is 0. The van der Waals surface area contributed by atoms with Crippen molar-refractivity contribution in [1.29, 1.82) is 0 Å². The lowest BCUT2D eigenvalue weighted by Crippen LogP contribution is -2.41. The Labute approximate surface area is 266 Å². The van der Waals surface area contributed by atoms with Crippen molar-refractivity contribution in [1.82, 2.24) is 24.1 Å². The maximum atomic E-state index is 12.8. The van der Waals surface area contributed by atoms with Crippen molar-refractivity contribution in [2.75, 3.05) is 18.0 Å². The third-order valence-electron chi connectivity index (χ3n) is 9.46. The third kappa shape index (κ3) is 6.15. The lowest BCUT2D eigenvalue weighted by atomic mass is 9.76. The van der Waals surface area contributed by atoms with Crippen LogP contribution in [-0.4, -0.2) is 53.9 Å². The average molecular weight is 611 g/mol. The molecule has 0 radical (unpaired) electrons. The Bertz CT molecular complexity index is 1770. The van der Waals surface area contributed by atoms with E-state index in [0.717, 1.165) is 91.6 Å². The van der Waals surface area contributed by atoms with Gasteiger partial charge in [0.1, 0.15) is 11.6 Å². The molecule has 1 saturated heterocycles. The Morgan fingerprint density at radius 1 is 1.00 bits per heavy atom. The van der Waals surface area contributed by atoms with Crippen molar-refractivity contribution >= 4 is 17.4 Å². The number of ether oxygens (including phenoxy) is 1. The summed E-state index contributed by atoms with van der Waals surface area (Å²) in [7, 11) is 0. The summed E-state index contributed by atoms with van der Waals surface area (Å²) < 4.78 is 10.3. The molecular formula is C36H46N6O3. The summed E-state index contributed by atoms with van der Waals surface area (Å²) in [6.07, 6.45) is 9.44. The number of aliphatic carboxylic acids is 1. The molecule has 238 valence electrons. The van der Waals surface area contributed by atoms with E-state index >= 15 is 0 Å². The Morgan fingerprint density at radius 3 is 2.44 bits per heavy atom. The molecule has 7 rings (SSSR count). The molecule has 9 nitrogen and oxygen atoms in total. The lowest BCUT2D eigenvalue weighted by Gasteiger charge is -2.41. The highest BCUT2D eigenvalue weighted by Crippen LogP contribution is 2.41. The van der Waals surface area contributed by atoms with E-state index in [1.165, 1.54) is 0 Å². The Balaban J connectivity index is 1.56. The van der Waals surface area contributed by atoms with E-state index in [2.05, 4.69) is 66.7 Å². The highest BCUT2D eigenvalue weighted by atomic mass is 16.5. The first-order valence-electron chi connectivity index (χ1n) is 16.2. The van der Waals surface area contributed by atoms with Crippen LogP contribution in [-0.2, 0) is 16.0 Å². The van der Waals surface area contributed by atoms with Gasteiger partial charge in [0.2, 0.25) is 0 Å². The van der Waals surface area contributed by atoms with Crippen LogP contribution in [0.15, 0.2) is 42.5 Å². The van der Waals surface area contributed by atoms with Crippen LogP contribution in [0.2, 0.25) is 0 Å². The number of imidazole rings is 1. The second kappa shape index (κ2) is 11.7. The fraction of sp³-hybridized carbons (Fsp3) is 0.500. The maximum Gasteiger partial charge on any atom is 0.337 e. The first-order chi connectivity index (χ1) is 21.3. The molecule has 1 atom stereocenters. The molecule has 1 fully saturated rings. The van der Waals surface area contributed by atoms with Crippen molar-refractivity contribution in [3.63, 3.8) is 0 Å². The molecule has 3 aliphatic heterocycles. The van der Waals surface area contributed by atoms with Crippen molar-refractivity contribution in [2.45, 2.75) is 98.7 Å². The number of aryl methyl sites for hydroxylation is 3. The number of carboxylic acids is 1. The van der Waals surface area contributed by atoms with Gasteiger partial charge in [0, 0.05) is 48.2 Å². The molecule has 0 saturated carbocycles. The number of aromatic nitrogens is 5. The first-order valence-corrected chi connectivity index (χ1v) is 16.2. The number of benzene rings is 1. The highest BCUT2D eigenvalue weighted by molar-refractivity contribution is 5.79. The highest BCUT2D eigenvalue weighted by Gasteiger charge is 2.37. The number of allylic oxidation sites excluding steroid dienone is 2. The zero-order valence-electron chi connectivity index (χ0n) is 27.7. The molecule has 1 N–H and O–H groups in total. The zero-order valence-corrected chi connectivity index (χ0v) is 27.7. The van der Waals surface area contributed by atoms with E-state index in [9.17, 15) is 9.90 Å². The smallest absolute Gasteiger partial charge is 0.337 e. The van der Waals surface area contributed by atoms with Crippen LogP contribution in [0.4, 0.5) is 5.82 Å². The largest absolute Gasteiger partial charge is 0.479 e. The van der Waals surface area contributed by atoms with Crippen molar-refractivity contribution < 1.29 is 14.6 Å². The van der Waals surface area contributed by atoms with Gasteiger partial charge in [0.25, 0.3) is 0 Å². The van der Waals surface area contributed by atoms with Gasteiger partial charge in [0.05, 0.1) is 22.6 Å². The van der Waals surface area contributed by atoms with Crippen LogP contribution >= 0.6 is 0 Å². The fourth-order valence-electron chi connectivity index (χ4n) is 6.84. The number of nitrogens with zero attached hydrogens (tertiary/aromatic N) is 6. The van der Waals surface area contributed by atoms with Gasteiger partial charge in [-0.05, 0) is 91.2 Å². The molecule has 1 unspecified atom stereocenters. The first kappa shape index (κ1) is 31.0. The minimum atomic E-state index is -1.18. The number of carboxylic acid groups (broad SMARTS) is 1. The van der Waals surface area contributed by atoms with Crippen LogP contribution < -0.4 is 4.90 Å². The standard InChI is InChI=1S/C36H46N6O3/c1-23-25(3)41-27-14-12-13-26(21-27)28-22-30-38-24(2)31(32(34(43)44)45-35(4,5)6)33(42(30)39-28)40-19-17-36(7,18-20-40)16-11-9-8-10-15-29(41)37-23/h8-9,12-14,21-22,32H,10-11,15-20H2,1-7H3,(H,43,44). The number of hydrogen-bond acceptors (Lipinski definition) is 6. The summed E-state index contributed by atoms with van der Waals surface area (Å²) in [5.74, 6) is 0.789. The summed E-state index contributed by atoms with van der Waals surface area (Å²) in [5.41, 5.74) is 6.40. The van der Waals surface area contributed by atoms with Crippen LogP contribution in [0.25, 0.3) is 22.6 Å². The van der Waals surface area contributed by atoms with Gasteiger partial charge in [-0.15, -0.1) is 0 Å². The fourth-order valence-corrected chi connectivity index (χ4v) is 6.84. The third-order valence-corrected chi connectivity index (χ3v) is 9.46. The lowest BCUT2D eigenvalue weighted by molar-refractivity contribution is -0.160. The quantitative estimate of drug-likeness (QED) is 0.243. The summed E-state index contributed by atoms with van der Waals surface area (Å²) in [4.78, 5) is 25.0. The van der Waals surface area contributed by atoms with E-state index in [4.69, 9.17) is 19.8 Å². The maximum absolute atomic E-state index is 12.8. The van der Waals surface area contributed by atoms with Gasteiger partial charge < -0.3 is 19.3 Å². The van der Waals surface area contributed by atoms with Gasteiger partial charge in [-0.3, -0.25) is 0 Å². The second-order valence-electron chi connectivity index (χ2n) is 14.1. The van der Waals surface area contributed by atoms with E-state index in [-0.39, 0.29) is 5.41 Å². The van der Waals surface area contributed by atoms with Crippen LogP contribution in [0, 0.1) is 26.2 Å². The van der Waals surface area contributed by atoms with Crippen molar-refractivity contribution in [3.05, 3.63) is 71.0 Å². The van der Waals surface area contributed by atoms with Gasteiger partial charge in [-0.2, -0.15) is 9.61 Å². The Kier molecular flexibility index (Phi) is 8.10. The SMILES string of the molecule is Cc1nc2cc3nn2c(c1C(OC(C)(C)C)C(=O)O)N1CCC(C)(CCC=CCCc2nc(C)c(C)n2-c2cccc-3c2)CC1. The summed E-state index contributed by atoms with van der Waals surface area (Å²) in [6, 6.07) is 10.4. The number of carbonyl (C=O) groups is 1. The van der Waals surface area contributed by atoms with Gasteiger partial charge in [-0.25, -0.2) is 14.8 Å². The topological polar surface area (TPSA) is 97.8 Å². The van der Waals surface area contributed by atoms with Gasteiger partial charge in [-0.1, -0.05) is 31.2 Å². The van der Waals surface area contributed by atoms with Gasteiger partial charge >= 0.3 is 5.97 Å². The number of rotatable bonds is 3. The van der Waals surface area contributed by atoms with Crippen LogP contribution in [0.5, 0.6) is 0 Å². The summed E-state index contributed by atoms with van der Waals surface area (Å²) in [5, 5.41) is 15.6. The number of piperidine rings is 1. The van der Waals surface area contributed by atoms with Crippen molar-refractivity contribution in [3.8, 4) is 16.9 Å². The summed E-state index contributed by atoms with van der Waals surface area (Å²) in [6.45, 7) is 15.7. The Morgan fingerprint density at radius 2 is 1.73 bits per heavy atom. The van der Waals surface area contributed by atoms with Gasteiger partial charge in [0.15, 0.2) is 11.8 Å². The van der Waals surface area contributed by atoms with E-state index in [1.54, 1.807) is 0 Å². The molecule has 0 spiro atoms. The molecular weight excluding hydrogens is 564 g/mol. The number of anilines is 1. The monoisotopic (exact) mass is 610 g/mol. The zero-order chi connectivity index (χ0) is 32.1. The predicted molar refractivity (Wildman–Crippen MR) is 177 cm³/mol. The normalized spacial score (nSPS) is 17.6. The molecule has 4 aromatic rings. The average Bonchev–Trinajstić information content (AvgIpc) is 3.52. The van der Waals surface area contributed by atoms with Crippen LogP contribution in [0.3, 0.4) is 0 Å². The van der Waals surface area contributed by atoms with E-state index in [1.807, 2.05) is 38.3 Å². The molecule has 3 aliphatic rings. The van der Waals surface area contributed by atoms with Crippen LogP contribution in [0.1, 0.15) is 94.4 Å². The number of fused-ring (bicyclic) bond motifs is 6. The molecule has 0 amide bonds. The predicted octanol–water partition coefficient (Wildman–Crippen LogP) is 7.34. The number of hydrogen-bond donors (Lipinski definition) is 1.